The van der Waals surface area contributed by atoms with E-state index in [0.717, 1.165) is 0 Å². The molecule has 126 valence electrons. The first-order chi connectivity index (χ1) is 12.1. The van der Waals surface area contributed by atoms with E-state index in [1.807, 2.05) is 0 Å². The van der Waals surface area contributed by atoms with E-state index in [4.69, 9.17) is 16.3 Å². The van der Waals surface area contributed by atoms with E-state index in [0.29, 0.717) is 28.2 Å². The fraction of sp³-hybridized carbons (Fsp3) is 0.125. The molecule has 0 bridgehead atoms. The molecule has 0 spiro atoms. The number of rotatable bonds is 3. The summed E-state index contributed by atoms with van der Waals surface area (Å²) >= 11 is 5.81. The largest absolute Gasteiger partial charge is 0.377 e. The molecule has 9 heteroatoms. The molecule has 4 aromatic rings. The number of methoxy groups -OCH3 is 1. The first kappa shape index (κ1) is 15.7. The van der Waals surface area contributed by atoms with E-state index in [2.05, 4.69) is 15.1 Å². The molecule has 1 aromatic carbocycles. The number of benzene rings is 1. The zero-order chi connectivity index (χ0) is 17.6. The molecule has 0 amide bonds. The second kappa shape index (κ2) is 5.91. The molecule has 0 aliphatic heterocycles. The van der Waals surface area contributed by atoms with E-state index in [1.54, 1.807) is 19.4 Å². The highest BCUT2D eigenvalue weighted by Crippen LogP contribution is 2.19. The van der Waals surface area contributed by atoms with Crippen LogP contribution in [0.2, 0.25) is 5.02 Å². The number of halogens is 2. The summed E-state index contributed by atoms with van der Waals surface area (Å²) in [6.07, 6.45) is 3.02. The number of hydrogen-bond acceptors (Lipinski definition) is 5. The Bertz CT molecular complexity index is 1170. The van der Waals surface area contributed by atoms with Crippen LogP contribution in [-0.4, -0.2) is 31.3 Å². The molecule has 0 N–H and O–H groups in total. The highest BCUT2D eigenvalue weighted by molar-refractivity contribution is 6.30. The highest BCUT2D eigenvalue weighted by atomic mass is 35.5. The van der Waals surface area contributed by atoms with Gasteiger partial charge in [0, 0.05) is 19.5 Å². The van der Waals surface area contributed by atoms with Crippen molar-refractivity contribution in [3.63, 3.8) is 0 Å². The summed E-state index contributed by atoms with van der Waals surface area (Å²) in [6.45, 7) is 0.246. The molecule has 25 heavy (non-hydrogen) atoms. The van der Waals surface area contributed by atoms with Gasteiger partial charge in [0.25, 0.3) is 11.3 Å². The van der Waals surface area contributed by atoms with Crippen LogP contribution < -0.4 is 5.56 Å². The fourth-order valence-corrected chi connectivity index (χ4v) is 2.76. The van der Waals surface area contributed by atoms with Gasteiger partial charge in [0.2, 0.25) is 0 Å². The van der Waals surface area contributed by atoms with Crippen LogP contribution in [0, 0.1) is 5.82 Å². The smallest absolute Gasteiger partial charge is 0.266 e. The molecule has 0 saturated carbocycles. The number of hydrogen-bond donors (Lipinski definition) is 0. The zero-order valence-electron chi connectivity index (χ0n) is 13.0. The molecule has 3 heterocycles. The van der Waals surface area contributed by atoms with Gasteiger partial charge in [0.15, 0.2) is 5.82 Å². The van der Waals surface area contributed by atoms with Gasteiger partial charge in [-0.1, -0.05) is 11.6 Å². The van der Waals surface area contributed by atoms with E-state index >= 15 is 0 Å². The second-order valence-corrected chi connectivity index (χ2v) is 5.73. The molecular formula is C16H11ClFN5O2. The maximum Gasteiger partial charge on any atom is 0.266 e. The third-order valence-corrected chi connectivity index (χ3v) is 4.02. The Morgan fingerprint density at radius 1 is 1.32 bits per heavy atom. The zero-order valence-corrected chi connectivity index (χ0v) is 13.7. The summed E-state index contributed by atoms with van der Waals surface area (Å²) in [6, 6.07) is 5.80. The highest BCUT2D eigenvalue weighted by Gasteiger charge is 2.12. The maximum atomic E-state index is 13.3. The lowest BCUT2D eigenvalue weighted by molar-refractivity contribution is 0.178. The maximum absolute atomic E-state index is 13.3. The molecule has 0 atom stereocenters. The molecule has 0 fully saturated rings. The van der Waals surface area contributed by atoms with Crippen molar-refractivity contribution < 1.29 is 9.13 Å². The summed E-state index contributed by atoms with van der Waals surface area (Å²) in [4.78, 5) is 21.2. The molecule has 0 aliphatic rings. The van der Waals surface area contributed by atoms with Gasteiger partial charge >= 0.3 is 0 Å². The summed E-state index contributed by atoms with van der Waals surface area (Å²) in [5, 5.41) is 4.59. The van der Waals surface area contributed by atoms with Gasteiger partial charge in [-0.25, -0.2) is 9.37 Å². The predicted molar refractivity (Wildman–Crippen MR) is 89.6 cm³/mol. The van der Waals surface area contributed by atoms with Crippen LogP contribution in [0.15, 0.2) is 41.5 Å². The first-order valence-electron chi connectivity index (χ1n) is 7.29. The second-order valence-electron chi connectivity index (χ2n) is 5.32. The Morgan fingerprint density at radius 3 is 2.92 bits per heavy atom. The molecule has 4 rings (SSSR count). The summed E-state index contributed by atoms with van der Waals surface area (Å²) in [5.74, 6) is 0.300. The minimum atomic E-state index is -0.545. The molecule has 7 nitrogen and oxygen atoms in total. The van der Waals surface area contributed by atoms with Crippen molar-refractivity contribution in [3.8, 4) is 5.69 Å². The van der Waals surface area contributed by atoms with Crippen LogP contribution >= 0.6 is 11.6 Å². The van der Waals surface area contributed by atoms with E-state index in [9.17, 15) is 9.18 Å². The van der Waals surface area contributed by atoms with Crippen molar-refractivity contribution in [2.75, 3.05) is 7.11 Å². The quantitative estimate of drug-likeness (QED) is 0.561. The van der Waals surface area contributed by atoms with Crippen molar-refractivity contribution in [1.82, 2.24) is 24.1 Å². The minimum absolute atomic E-state index is 0.0569. The fourth-order valence-electron chi connectivity index (χ4n) is 2.59. The summed E-state index contributed by atoms with van der Waals surface area (Å²) < 4.78 is 21.2. The van der Waals surface area contributed by atoms with Crippen molar-refractivity contribution in [3.05, 3.63) is 63.7 Å². The third-order valence-electron chi connectivity index (χ3n) is 3.73. The lowest BCUT2D eigenvalue weighted by Crippen LogP contribution is -2.19. The van der Waals surface area contributed by atoms with Gasteiger partial charge in [0.05, 0.1) is 21.6 Å². The number of aromatic nitrogens is 5. The van der Waals surface area contributed by atoms with Crippen LogP contribution in [-0.2, 0) is 11.3 Å². The van der Waals surface area contributed by atoms with Gasteiger partial charge < -0.3 is 4.74 Å². The van der Waals surface area contributed by atoms with E-state index < -0.39 is 5.82 Å². The lowest BCUT2D eigenvalue weighted by Gasteiger charge is -2.08. The predicted octanol–water partition coefficient (Wildman–Crippen LogP) is 2.37. The summed E-state index contributed by atoms with van der Waals surface area (Å²) in [7, 11) is 1.55. The summed E-state index contributed by atoms with van der Waals surface area (Å²) in [5.41, 5.74) is 0.699. The average Bonchev–Trinajstić information content (AvgIpc) is 3.01. The SMILES string of the molecule is COCc1nc2ncc3c(=O)n(-c4ccc(F)c(Cl)c4)ccc3n2n1. The van der Waals surface area contributed by atoms with Crippen LogP contribution in [0.25, 0.3) is 22.4 Å². The van der Waals surface area contributed by atoms with Crippen LogP contribution in [0.1, 0.15) is 5.82 Å². The van der Waals surface area contributed by atoms with Gasteiger partial charge in [-0.3, -0.25) is 9.36 Å². The van der Waals surface area contributed by atoms with E-state index in [1.165, 1.54) is 33.5 Å². The van der Waals surface area contributed by atoms with Gasteiger partial charge in [0.1, 0.15) is 12.4 Å². The Labute approximate surface area is 145 Å². The Balaban J connectivity index is 1.94. The normalized spacial score (nSPS) is 11.5. The molecular weight excluding hydrogens is 349 g/mol. The van der Waals surface area contributed by atoms with Crippen molar-refractivity contribution in [2.45, 2.75) is 6.61 Å². The number of nitrogens with zero attached hydrogens (tertiary/aromatic N) is 5. The molecule has 0 aliphatic carbocycles. The number of pyridine rings is 1. The standard InChI is InChI=1S/C16H11ClFN5O2/c1-25-8-14-20-16-19-7-10-13(23(16)21-14)4-5-22(15(10)24)9-2-3-12(18)11(17)6-9/h2-7H,8H2,1H3. The van der Waals surface area contributed by atoms with Crippen LogP contribution in [0.3, 0.4) is 0 Å². The molecule has 0 saturated heterocycles. The average molecular weight is 360 g/mol. The Morgan fingerprint density at radius 2 is 2.16 bits per heavy atom. The van der Waals surface area contributed by atoms with Gasteiger partial charge in [-0.2, -0.15) is 9.50 Å². The van der Waals surface area contributed by atoms with Gasteiger partial charge in [-0.15, -0.1) is 5.10 Å². The monoisotopic (exact) mass is 359 g/mol. The minimum Gasteiger partial charge on any atom is -0.377 e. The first-order valence-corrected chi connectivity index (χ1v) is 7.66. The lowest BCUT2D eigenvalue weighted by atomic mass is 10.2. The van der Waals surface area contributed by atoms with E-state index in [-0.39, 0.29) is 17.2 Å². The van der Waals surface area contributed by atoms with Crippen molar-refractivity contribution >= 4 is 28.3 Å². The Kier molecular flexibility index (Phi) is 3.70. The number of ether oxygens (including phenoxy) is 1. The van der Waals surface area contributed by atoms with Crippen LogP contribution in [0.4, 0.5) is 4.39 Å². The van der Waals surface area contributed by atoms with Gasteiger partial charge in [-0.05, 0) is 24.3 Å². The number of fused-ring (bicyclic) bond motifs is 3. The Hall–Kier alpha value is -2.84. The molecule has 0 radical (unpaired) electrons. The van der Waals surface area contributed by atoms with Crippen molar-refractivity contribution in [2.24, 2.45) is 0 Å². The topological polar surface area (TPSA) is 74.3 Å². The van der Waals surface area contributed by atoms with Crippen LogP contribution in [0.5, 0.6) is 0 Å². The third kappa shape index (κ3) is 2.55. The molecule has 3 aromatic heterocycles. The van der Waals surface area contributed by atoms with Crippen molar-refractivity contribution in [1.29, 1.82) is 0 Å². The molecule has 0 unspecified atom stereocenters.